The summed E-state index contributed by atoms with van der Waals surface area (Å²) in [4.78, 5) is 44.4. The summed E-state index contributed by atoms with van der Waals surface area (Å²) in [5.41, 5.74) is 0.768. The Morgan fingerprint density at radius 3 is 2.80 bits per heavy atom. The number of amides is 1. The maximum absolute atomic E-state index is 12.8. The molecule has 1 aromatic heterocycles. The lowest BCUT2D eigenvalue weighted by molar-refractivity contribution is -0.140. The van der Waals surface area contributed by atoms with Crippen LogP contribution >= 0.6 is 0 Å². The summed E-state index contributed by atoms with van der Waals surface area (Å²) in [5.74, 6) is 0.708. The molecule has 1 aliphatic carbocycles. The molecule has 3 heterocycles. The normalized spacial score (nSPS) is 23.1. The SMILES string of the molecule is O=C(OCC(=O)N1CCC[C@@H]2CCCC[C@H]21)c1ccc2c(=O)n3c(nc2c1)CCC3. The number of hydrogen-bond donors (Lipinski definition) is 0. The van der Waals surface area contributed by atoms with Crippen LogP contribution in [-0.4, -0.2) is 45.5 Å². The molecule has 2 aliphatic heterocycles. The van der Waals surface area contributed by atoms with Crippen LogP contribution in [0.5, 0.6) is 0 Å². The van der Waals surface area contributed by atoms with Gasteiger partial charge in [-0.1, -0.05) is 12.8 Å². The van der Waals surface area contributed by atoms with E-state index in [2.05, 4.69) is 4.98 Å². The first-order valence-electron chi connectivity index (χ1n) is 11.1. The highest BCUT2D eigenvalue weighted by Gasteiger charge is 2.35. The summed E-state index contributed by atoms with van der Waals surface area (Å²) < 4.78 is 7.06. The van der Waals surface area contributed by atoms with Crippen molar-refractivity contribution in [1.82, 2.24) is 14.5 Å². The number of nitrogens with zero attached hydrogens (tertiary/aromatic N) is 3. The number of carbonyl (C=O) groups excluding carboxylic acids is 2. The number of aryl methyl sites for hydroxylation is 1. The van der Waals surface area contributed by atoms with Gasteiger partial charge in [0.1, 0.15) is 5.82 Å². The van der Waals surface area contributed by atoms with Gasteiger partial charge in [-0.25, -0.2) is 9.78 Å². The molecule has 158 valence electrons. The van der Waals surface area contributed by atoms with Crippen LogP contribution in [0.1, 0.15) is 61.1 Å². The molecule has 7 nitrogen and oxygen atoms in total. The van der Waals surface area contributed by atoms with E-state index in [1.165, 1.54) is 25.7 Å². The Bertz CT molecular complexity index is 1060. The standard InChI is InChI=1S/C23H27N3O4/c27-21(25-11-3-6-15-5-1-2-7-19(15)25)14-30-23(29)16-9-10-17-18(13-16)24-20-8-4-12-26(20)22(17)28/h9-10,13,15,19H,1-8,11-12,14H2/t15-,19+/m0/s1. The molecule has 2 aromatic rings. The number of fused-ring (bicyclic) bond motifs is 3. The van der Waals surface area contributed by atoms with Gasteiger partial charge in [0, 0.05) is 25.6 Å². The second-order valence-electron chi connectivity index (χ2n) is 8.74. The second kappa shape index (κ2) is 7.85. The third-order valence-electron chi connectivity index (χ3n) is 6.94. The fourth-order valence-corrected chi connectivity index (χ4v) is 5.44. The van der Waals surface area contributed by atoms with Gasteiger partial charge in [-0.15, -0.1) is 0 Å². The van der Waals surface area contributed by atoms with Gasteiger partial charge in [-0.3, -0.25) is 14.2 Å². The van der Waals surface area contributed by atoms with Crippen molar-refractivity contribution in [2.45, 2.75) is 64.0 Å². The minimum absolute atomic E-state index is 0.0604. The zero-order valence-corrected chi connectivity index (χ0v) is 17.1. The van der Waals surface area contributed by atoms with Crippen molar-refractivity contribution in [3.8, 4) is 0 Å². The van der Waals surface area contributed by atoms with Crippen molar-refractivity contribution in [2.75, 3.05) is 13.2 Å². The molecule has 1 saturated carbocycles. The highest BCUT2D eigenvalue weighted by Crippen LogP contribution is 2.35. The van der Waals surface area contributed by atoms with Gasteiger partial charge in [-0.2, -0.15) is 0 Å². The molecule has 2 fully saturated rings. The van der Waals surface area contributed by atoms with Crippen molar-refractivity contribution in [2.24, 2.45) is 5.92 Å². The molecule has 7 heteroatoms. The minimum atomic E-state index is -0.551. The lowest BCUT2D eigenvalue weighted by Gasteiger charge is -2.44. The summed E-state index contributed by atoms with van der Waals surface area (Å²) in [7, 11) is 0. The number of hydrogen-bond acceptors (Lipinski definition) is 5. The Kier molecular flexibility index (Phi) is 5.05. The van der Waals surface area contributed by atoms with Crippen LogP contribution in [0, 0.1) is 5.92 Å². The Balaban J connectivity index is 1.28. The van der Waals surface area contributed by atoms with Crippen molar-refractivity contribution in [1.29, 1.82) is 0 Å². The predicted octanol–water partition coefficient (Wildman–Crippen LogP) is 2.68. The van der Waals surface area contributed by atoms with Crippen LogP contribution < -0.4 is 5.56 Å². The van der Waals surface area contributed by atoms with E-state index >= 15 is 0 Å². The lowest BCUT2D eigenvalue weighted by atomic mass is 9.78. The molecular weight excluding hydrogens is 382 g/mol. The summed E-state index contributed by atoms with van der Waals surface area (Å²) in [6, 6.07) is 5.11. The average Bonchev–Trinajstić information content (AvgIpc) is 3.25. The topological polar surface area (TPSA) is 81.5 Å². The van der Waals surface area contributed by atoms with Crippen LogP contribution in [0.15, 0.2) is 23.0 Å². The molecule has 1 aromatic carbocycles. The van der Waals surface area contributed by atoms with Crippen LogP contribution in [0.4, 0.5) is 0 Å². The summed E-state index contributed by atoms with van der Waals surface area (Å²) >= 11 is 0. The van der Waals surface area contributed by atoms with Gasteiger partial charge in [0.25, 0.3) is 11.5 Å². The quantitative estimate of drug-likeness (QED) is 0.728. The van der Waals surface area contributed by atoms with Crippen LogP contribution in [0.25, 0.3) is 10.9 Å². The Morgan fingerprint density at radius 1 is 1.07 bits per heavy atom. The molecule has 1 saturated heterocycles. The van der Waals surface area contributed by atoms with Crippen LogP contribution in [-0.2, 0) is 22.5 Å². The second-order valence-corrected chi connectivity index (χ2v) is 8.74. The molecule has 5 rings (SSSR count). The number of carbonyl (C=O) groups is 2. The van der Waals surface area contributed by atoms with Crippen LogP contribution in [0.3, 0.4) is 0 Å². The van der Waals surface area contributed by atoms with E-state index in [4.69, 9.17) is 4.74 Å². The zero-order valence-electron chi connectivity index (χ0n) is 17.1. The fraction of sp³-hybridized carbons (Fsp3) is 0.565. The summed E-state index contributed by atoms with van der Waals surface area (Å²) in [6.07, 6.45) is 8.57. The zero-order chi connectivity index (χ0) is 20.7. The van der Waals surface area contributed by atoms with E-state index in [9.17, 15) is 14.4 Å². The highest BCUT2D eigenvalue weighted by atomic mass is 16.5. The van der Waals surface area contributed by atoms with E-state index in [1.807, 2.05) is 4.90 Å². The van der Waals surface area contributed by atoms with Crippen molar-refractivity contribution >= 4 is 22.8 Å². The molecule has 0 spiro atoms. The average molecular weight is 409 g/mol. The van der Waals surface area contributed by atoms with Crippen molar-refractivity contribution < 1.29 is 14.3 Å². The maximum atomic E-state index is 12.8. The van der Waals surface area contributed by atoms with Gasteiger partial charge in [-0.05, 0) is 56.2 Å². The van der Waals surface area contributed by atoms with E-state index in [0.29, 0.717) is 35.0 Å². The van der Waals surface area contributed by atoms with Crippen molar-refractivity contribution in [3.63, 3.8) is 0 Å². The van der Waals surface area contributed by atoms with Gasteiger partial charge >= 0.3 is 5.97 Å². The Labute approximate surface area is 175 Å². The molecule has 30 heavy (non-hydrogen) atoms. The third-order valence-corrected chi connectivity index (χ3v) is 6.94. The number of esters is 1. The van der Waals surface area contributed by atoms with Gasteiger partial charge in [0.15, 0.2) is 6.61 Å². The molecule has 0 unspecified atom stereocenters. The largest absolute Gasteiger partial charge is 0.452 e. The molecule has 0 bridgehead atoms. The molecule has 3 aliphatic rings. The van der Waals surface area contributed by atoms with Crippen LogP contribution in [0.2, 0.25) is 0 Å². The number of piperidine rings is 1. The Morgan fingerprint density at radius 2 is 1.90 bits per heavy atom. The highest BCUT2D eigenvalue weighted by molar-refractivity contribution is 5.95. The third kappa shape index (κ3) is 3.40. The van der Waals surface area contributed by atoms with Crippen molar-refractivity contribution in [3.05, 3.63) is 39.9 Å². The monoisotopic (exact) mass is 409 g/mol. The van der Waals surface area contributed by atoms with Gasteiger partial charge in [0.2, 0.25) is 0 Å². The molecule has 2 atom stereocenters. The lowest BCUT2D eigenvalue weighted by Crippen LogP contribution is -2.50. The van der Waals surface area contributed by atoms with Gasteiger partial charge < -0.3 is 9.64 Å². The molecule has 0 radical (unpaired) electrons. The predicted molar refractivity (Wildman–Crippen MR) is 111 cm³/mol. The smallest absolute Gasteiger partial charge is 0.338 e. The first-order valence-corrected chi connectivity index (χ1v) is 11.1. The molecule has 1 amide bonds. The maximum Gasteiger partial charge on any atom is 0.338 e. The van der Waals surface area contributed by atoms with E-state index < -0.39 is 5.97 Å². The van der Waals surface area contributed by atoms with E-state index in [0.717, 1.165) is 38.1 Å². The summed E-state index contributed by atoms with van der Waals surface area (Å²) in [5, 5.41) is 0.505. The number of likely N-dealkylation sites (tertiary alicyclic amines) is 1. The number of ether oxygens (including phenoxy) is 1. The first-order chi connectivity index (χ1) is 14.6. The van der Waals surface area contributed by atoms with E-state index in [1.54, 1.807) is 22.8 Å². The molecular formula is C23H27N3O4. The van der Waals surface area contributed by atoms with Gasteiger partial charge in [0.05, 0.1) is 16.5 Å². The number of benzene rings is 1. The number of rotatable bonds is 3. The van der Waals surface area contributed by atoms with E-state index in [-0.39, 0.29) is 18.1 Å². The fourth-order valence-electron chi connectivity index (χ4n) is 5.44. The first kappa shape index (κ1) is 19.3. The Hall–Kier alpha value is -2.70. The minimum Gasteiger partial charge on any atom is -0.452 e. The number of aromatic nitrogens is 2. The summed E-state index contributed by atoms with van der Waals surface area (Å²) in [6.45, 7) is 1.22. The molecule has 0 N–H and O–H groups in total.